The second-order valence-corrected chi connectivity index (χ2v) is 57.4. The fraction of sp³-hybridized carbons (Fsp3) is 1.00. The Kier molecular flexibility index (Phi) is 58.6. The van der Waals surface area contributed by atoms with Crippen LogP contribution in [0.1, 0.15) is 360 Å². The fourth-order valence-electron chi connectivity index (χ4n) is 23.0. The monoisotopic (exact) mass is 2080 g/mol. The molecule has 15 fully saturated rings. The van der Waals surface area contributed by atoms with Crippen molar-refractivity contribution in [3.05, 3.63) is 0 Å². The molecule has 0 aromatic carbocycles. The average molecular weight is 2080 g/mol. The van der Waals surface area contributed by atoms with Crippen molar-refractivity contribution in [3.63, 3.8) is 0 Å². The van der Waals surface area contributed by atoms with Gasteiger partial charge in [-0.05, 0) is 338 Å². The Morgan fingerprint density at radius 3 is 0.958 bits per heavy atom. The highest BCUT2D eigenvalue weighted by Crippen LogP contribution is 2.58. The molecule has 862 valence electrons. The molecule has 0 aromatic rings. The van der Waals surface area contributed by atoms with E-state index in [4.69, 9.17) is 4.74 Å². The van der Waals surface area contributed by atoms with E-state index >= 15 is 0 Å². The van der Waals surface area contributed by atoms with Crippen molar-refractivity contribution < 1.29 is 53.0 Å². The lowest BCUT2D eigenvalue weighted by molar-refractivity contribution is -0.231. The van der Waals surface area contributed by atoms with E-state index in [0.29, 0.717) is 102 Å². The van der Waals surface area contributed by atoms with E-state index in [1.54, 1.807) is 13.8 Å². The highest BCUT2D eigenvalue weighted by atomic mass is 19.4. The second-order valence-electron chi connectivity index (χ2n) is 57.4. The molecular formula is C118H237F11N14O. The Bertz CT molecular complexity index is 3120. The summed E-state index contributed by atoms with van der Waals surface area (Å²) < 4.78 is 150. The number of morpholine rings is 1. The number of alkyl halides is 11. The first kappa shape index (κ1) is 139. The molecular weight excluding hydrogens is 1840 g/mol. The lowest BCUT2D eigenvalue weighted by atomic mass is 9.63. The molecule has 14 saturated heterocycles. The summed E-state index contributed by atoms with van der Waals surface area (Å²) in [6.07, 6.45) is 7.83. The van der Waals surface area contributed by atoms with Gasteiger partial charge in [0.25, 0.3) is 11.8 Å². The number of fused-ring (bicyclic) bond motifs is 1. The summed E-state index contributed by atoms with van der Waals surface area (Å²) in [5.41, 5.74) is -0.0967. The number of hydrogen-bond acceptors (Lipinski definition) is 15. The number of rotatable bonds is 6. The van der Waals surface area contributed by atoms with Crippen molar-refractivity contribution in [3.8, 4) is 0 Å². The van der Waals surface area contributed by atoms with E-state index in [1.165, 1.54) is 143 Å². The van der Waals surface area contributed by atoms with Crippen molar-refractivity contribution in [2.75, 3.05) is 190 Å². The molecule has 13 atom stereocenters. The predicted molar refractivity (Wildman–Crippen MR) is 595 cm³/mol. The van der Waals surface area contributed by atoms with Crippen LogP contribution in [0, 0.1) is 160 Å². The highest BCUT2D eigenvalue weighted by Gasteiger charge is 2.59. The predicted octanol–water partition coefficient (Wildman–Crippen LogP) is 25.1. The van der Waals surface area contributed by atoms with Gasteiger partial charge in [-0.3, -0.25) is 0 Å². The van der Waals surface area contributed by atoms with E-state index < -0.39 is 64.9 Å². The van der Waals surface area contributed by atoms with Gasteiger partial charge in [0.15, 0.2) is 0 Å². The smallest absolute Gasteiger partial charge is 0.375 e. The van der Waals surface area contributed by atoms with Crippen LogP contribution in [0.2, 0.25) is 0 Å². The van der Waals surface area contributed by atoms with E-state index in [9.17, 15) is 48.3 Å². The SMILES string of the molecule is CC(C)(C)C1(C)CCNCC1.CC(C)(C)C1(C)CCNCC1.CC(C)(C)C1(F)CCNCC1.CC(C)(C)C1C(F)CNCC1F.CC(C)(C)C1C2CNCC21.CC(C)(C)C1CCNCC1.CC(C)(C)C1CCNCC1(F)F.CC(C)(C)C1CNCCO1.CC(C)C1(C(F)(F)F)CCNC1.CC(C)C1(C)CCNC1.CC(C)C1(F)CCNC1.CC(C)C1CCNC1.CC(C)C1CNCC1(F)F.CC(C)C1CNCC1C. The van der Waals surface area contributed by atoms with Crippen molar-refractivity contribution >= 4 is 0 Å². The van der Waals surface area contributed by atoms with Crippen LogP contribution >= 0.6 is 0 Å². The Morgan fingerprint density at radius 2 is 0.729 bits per heavy atom. The third-order valence-electron chi connectivity index (χ3n) is 36.7. The van der Waals surface area contributed by atoms with Crippen LogP contribution in [-0.2, 0) is 4.74 Å². The van der Waals surface area contributed by atoms with Gasteiger partial charge in [-0.1, -0.05) is 277 Å². The molecule has 14 aliphatic heterocycles. The second kappa shape index (κ2) is 60.8. The molecule has 0 bridgehead atoms. The molecule has 15 nitrogen and oxygen atoms in total. The number of hydrogen-bond donors (Lipinski definition) is 14. The minimum Gasteiger partial charge on any atom is -0.375 e. The summed E-state index contributed by atoms with van der Waals surface area (Å²) in [6, 6.07) is 0. The Morgan fingerprint density at radius 1 is 0.312 bits per heavy atom. The average Bonchev–Trinajstić information content (AvgIpc) is 1.57. The summed E-state index contributed by atoms with van der Waals surface area (Å²) in [7, 11) is 0. The van der Waals surface area contributed by atoms with Gasteiger partial charge in [-0.25, -0.2) is 35.1 Å². The quantitative estimate of drug-likeness (QED) is 0.113. The van der Waals surface area contributed by atoms with Crippen molar-refractivity contribution in [1.29, 1.82) is 0 Å². The van der Waals surface area contributed by atoms with Gasteiger partial charge >= 0.3 is 6.18 Å². The number of piperidine rings is 7. The molecule has 15 aliphatic rings. The van der Waals surface area contributed by atoms with Crippen LogP contribution in [0.3, 0.4) is 0 Å². The van der Waals surface area contributed by atoms with Crippen LogP contribution in [0.5, 0.6) is 0 Å². The van der Waals surface area contributed by atoms with Crippen LogP contribution < -0.4 is 74.4 Å². The summed E-state index contributed by atoms with van der Waals surface area (Å²) in [5, 5.41) is 44.2. The van der Waals surface area contributed by atoms with Crippen LogP contribution in [0.4, 0.5) is 48.3 Å². The third kappa shape index (κ3) is 47.0. The molecule has 26 heteroatoms. The summed E-state index contributed by atoms with van der Waals surface area (Å²) in [4.78, 5) is 0. The molecule has 1 saturated carbocycles. The minimum atomic E-state index is -4.06. The molecule has 13 unspecified atom stereocenters. The maximum Gasteiger partial charge on any atom is 0.396 e. The van der Waals surface area contributed by atoms with Crippen molar-refractivity contribution in [1.82, 2.24) is 74.4 Å². The van der Waals surface area contributed by atoms with Gasteiger partial charge in [-0.15, -0.1) is 0 Å². The van der Waals surface area contributed by atoms with Crippen LogP contribution in [0.15, 0.2) is 0 Å². The summed E-state index contributed by atoms with van der Waals surface area (Å²) >= 11 is 0. The maximum absolute atomic E-state index is 14.0. The fourth-order valence-corrected chi connectivity index (χ4v) is 23.0. The van der Waals surface area contributed by atoms with E-state index in [-0.39, 0.29) is 65.5 Å². The van der Waals surface area contributed by atoms with Gasteiger partial charge in [0.1, 0.15) is 23.7 Å². The first-order chi connectivity index (χ1) is 65.7. The Labute approximate surface area is 880 Å². The van der Waals surface area contributed by atoms with E-state index in [2.05, 4.69) is 248 Å². The maximum atomic E-state index is 14.0. The van der Waals surface area contributed by atoms with Crippen molar-refractivity contribution in [2.24, 2.45) is 160 Å². The number of nitrogens with one attached hydrogen (secondary N) is 14. The first-order valence-corrected chi connectivity index (χ1v) is 57.7. The molecule has 0 aromatic heterocycles. The molecule has 0 spiro atoms. The van der Waals surface area contributed by atoms with Gasteiger partial charge < -0.3 is 79.2 Å². The lowest BCUT2D eigenvalue weighted by Gasteiger charge is -2.45. The molecule has 15 rings (SSSR count). The number of ether oxygens (including phenoxy) is 1. The topological polar surface area (TPSA) is 178 Å². The summed E-state index contributed by atoms with van der Waals surface area (Å²) in [5.74, 6) is 2.83. The van der Waals surface area contributed by atoms with Gasteiger partial charge in [0.2, 0.25) is 0 Å². The lowest BCUT2D eigenvalue weighted by Crippen LogP contribution is -2.51. The molecule has 0 radical (unpaired) electrons. The standard InChI is InChI=1S/2C10H21N.2C9H17F2N.C9H18FN.C9H17N.C9H19N.C8H14F3N.C8H17NO.2C8H17N.C7H13F2N.C7H14FN.C7H15N/c2*1-9(2,3)10(4)5-7-11-8-6-10;1-9(2,3)8-6(10)4-12-5-7(8)11;1-8(2,3)7-4-5-12-6-9(7,10)11;1-8(2,3)9(10)4-6-11-7-5-9;1-9(2,3)8-6-4-10-5-7(6)8;1-9(2,3)8-4-6-10-7-5-8;1-6(2)7(8(9,10)11)3-4-12-5-7;1-8(2,3)7-6-9-4-5-10-7;1-6(2)8-5-9-4-7(8)3;1-7(2)8(3)4-5-9-6-8;1-5(2)6-3-10-4-7(6,8)9;1-6(2)7(8)3-4-9-5-7;1-6(2)7-3-4-8-5-7/h2*11H,5-8H2,1-4H3;6-8,12H,4-5H2,1-3H3;7,12H,4-6H2,1-3H3;11H,4-7H2,1-3H3;6-8,10H,4-5H2,1-3H3;8,10H,4-7H2,1-3H3;6,12H,3-5H2,1-2H3;7,9H,4-6H2,1-3H3;6-9H,4-5H2,1-3H3;7,9H,4-6H2,1-3H3;5-6,10H,3-4H2,1-2H3;6,9H,3-5H2,1-2H3;6-8H,3-5H2,1-2H3. The van der Waals surface area contributed by atoms with E-state index in [0.717, 1.165) is 105 Å². The van der Waals surface area contributed by atoms with Crippen molar-refractivity contribution in [2.45, 2.75) is 408 Å². The van der Waals surface area contributed by atoms with Gasteiger partial charge in [0, 0.05) is 70.1 Å². The molecule has 14 N–H and O–H groups in total. The van der Waals surface area contributed by atoms with Gasteiger partial charge in [-0.2, -0.15) is 13.2 Å². The van der Waals surface area contributed by atoms with E-state index in [1.807, 2.05) is 90.0 Å². The zero-order chi connectivity index (χ0) is 111. The summed E-state index contributed by atoms with van der Waals surface area (Å²) in [6.45, 7) is 112. The highest BCUT2D eigenvalue weighted by molar-refractivity contribution is 5.08. The first-order valence-electron chi connectivity index (χ1n) is 57.7. The largest absolute Gasteiger partial charge is 0.396 e. The molecule has 144 heavy (non-hydrogen) atoms. The zero-order valence-electron chi connectivity index (χ0n) is 101. The third-order valence-corrected chi connectivity index (χ3v) is 36.7. The normalized spacial score (nSPS) is 31.4. The molecule has 0 amide bonds. The zero-order valence-corrected chi connectivity index (χ0v) is 101. The minimum absolute atomic E-state index is 0.0741. The Hall–Kier alpha value is -1.37. The van der Waals surface area contributed by atoms with Crippen LogP contribution in [0.25, 0.3) is 0 Å². The van der Waals surface area contributed by atoms with Gasteiger partial charge in [0.05, 0.1) is 31.2 Å². The molecule has 1 aliphatic carbocycles. The Balaban J connectivity index is 0.000000525. The van der Waals surface area contributed by atoms with Crippen LogP contribution in [-0.4, -0.2) is 238 Å². The number of halogens is 11. The molecule has 14 heterocycles.